The lowest BCUT2D eigenvalue weighted by Gasteiger charge is -2.39. The van der Waals surface area contributed by atoms with E-state index in [-0.39, 0.29) is 22.9 Å². The molecule has 0 aliphatic carbocycles. The number of carbonyl (C=O) groups excluding carboxylic acids is 2. The van der Waals surface area contributed by atoms with Gasteiger partial charge in [0, 0.05) is 43.5 Å². The van der Waals surface area contributed by atoms with Gasteiger partial charge >= 0.3 is 5.97 Å². The van der Waals surface area contributed by atoms with Gasteiger partial charge in [-0.2, -0.15) is 5.26 Å². The number of benzene rings is 1. The first-order chi connectivity index (χ1) is 14.6. The molecule has 164 valence electrons. The van der Waals surface area contributed by atoms with Gasteiger partial charge in [0.15, 0.2) is 5.69 Å². The quantitative estimate of drug-likeness (QED) is 0.731. The molecule has 8 nitrogen and oxygen atoms in total. The summed E-state index contributed by atoms with van der Waals surface area (Å²) in [4.78, 5) is 28.7. The number of rotatable bonds is 3. The third-order valence-electron chi connectivity index (χ3n) is 5.30. The molecule has 1 aromatic carbocycles. The number of esters is 1. The van der Waals surface area contributed by atoms with Gasteiger partial charge in [-0.1, -0.05) is 32.4 Å². The van der Waals surface area contributed by atoms with Gasteiger partial charge in [0.25, 0.3) is 0 Å². The van der Waals surface area contributed by atoms with Crippen LogP contribution in [0.1, 0.15) is 36.8 Å². The van der Waals surface area contributed by atoms with Crippen LogP contribution in [0.3, 0.4) is 0 Å². The second kappa shape index (κ2) is 8.52. The zero-order valence-corrected chi connectivity index (χ0v) is 18.9. The van der Waals surface area contributed by atoms with E-state index in [1.54, 1.807) is 12.1 Å². The number of methoxy groups -OCH3 is 1. The predicted octanol–water partition coefficient (Wildman–Crippen LogP) is 3.07. The molecule has 0 radical (unpaired) electrons. The van der Waals surface area contributed by atoms with Gasteiger partial charge in [-0.25, -0.2) is 4.79 Å². The van der Waals surface area contributed by atoms with Crippen molar-refractivity contribution in [2.75, 3.05) is 43.9 Å². The number of anilines is 2. The molecule has 0 bridgehead atoms. The molecule has 1 aromatic heterocycles. The van der Waals surface area contributed by atoms with Gasteiger partial charge in [0.05, 0.1) is 29.1 Å². The van der Waals surface area contributed by atoms with Gasteiger partial charge in [-0.15, -0.1) is 0 Å². The van der Waals surface area contributed by atoms with Crippen molar-refractivity contribution in [3.8, 4) is 11.8 Å². The maximum absolute atomic E-state index is 12.5. The second-order valence-electron chi connectivity index (χ2n) is 8.44. The third kappa shape index (κ3) is 4.32. The number of nitrogens with zero attached hydrogens (tertiary/aromatic N) is 4. The van der Waals surface area contributed by atoms with E-state index in [1.165, 1.54) is 17.9 Å². The van der Waals surface area contributed by atoms with Gasteiger partial charge < -0.3 is 24.8 Å². The Bertz CT molecular complexity index is 1060. The number of halogens is 1. The van der Waals surface area contributed by atoms with E-state index in [1.807, 2.05) is 37.8 Å². The van der Waals surface area contributed by atoms with E-state index in [0.717, 1.165) is 5.69 Å². The molecule has 0 saturated carbocycles. The molecule has 1 saturated heterocycles. The Kier molecular flexibility index (Phi) is 6.18. The fourth-order valence-electron chi connectivity index (χ4n) is 3.65. The summed E-state index contributed by atoms with van der Waals surface area (Å²) < 4.78 is 6.33. The first-order valence-corrected chi connectivity index (χ1v) is 10.3. The fraction of sp³-hybridized carbons (Fsp3) is 0.409. The molecule has 0 atom stereocenters. The lowest BCUT2D eigenvalue weighted by molar-refractivity contribution is -0.139. The number of piperazine rings is 1. The topological polar surface area (TPSA) is 105 Å². The van der Waals surface area contributed by atoms with Gasteiger partial charge in [-0.3, -0.25) is 4.79 Å². The zero-order valence-electron chi connectivity index (χ0n) is 18.1. The molecular formula is C22H26ClN5O3. The van der Waals surface area contributed by atoms with Crippen molar-refractivity contribution >= 4 is 34.9 Å². The van der Waals surface area contributed by atoms with Gasteiger partial charge in [0.2, 0.25) is 5.91 Å². The van der Waals surface area contributed by atoms with Crippen LogP contribution in [0.25, 0.3) is 5.69 Å². The lowest BCUT2D eigenvalue weighted by Crippen LogP contribution is -2.51. The highest BCUT2D eigenvalue weighted by Crippen LogP contribution is 2.32. The molecular weight excluding hydrogens is 418 g/mol. The van der Waals surface area contributed by atoms with Crippen LogP contribution in [-0.4, -0.2) is 54.6 Å². The summed E-state index contributed by atoms with van der Waals surface area (Å²) in [5, 5.41) is 9.78. The van der Waals surface area contributed by atoms with Crippen LogP contribution in [0.15, 0.2) is 24.4 Å². The number of nitrogen functional groups attached to an aromatic ring is 1. The maximum Gasteiger partial charge on any atom is 0.357 e. The number of amides is 1. The molecule has 2 aromatic rings. The highest BCUT2D eigenvalue weighted by Gasteiger charge is 2.30. The first kappa shape index (κ1) is 22.5. The molecule has 9 heteroatoms. The van der Waals surface area contributed by atoms with Crippen molar-refractivity contribution in [1.82, 2.24) is 9.47 Å². The molecule has 31 heavy (non-hydrogen) atoms. The van der Waals surface area contributed by atoms with E-state index < -0.39 is 11.4 Å². The van der Waals surface area contributed by atoms with Crippen LogP contribution in [0, 0.1) is 16.7 Å². The Morgan fingerprint density at radius 2 is 1.84 bits per heavy atom. The highest BCUT2D eigenvalue weighted by molar-refractivity contribution is 6.33. The molecule has 2 heterocycles. The summed E-state index contributed by atoms with van der Waals surface area (Å²) in [5.41, 5.74) is 7.31. The monoisotopic (exact) mass is 443 g/mol. The van der Waals surface area contributed by atoms with E-state index >= 15 is 0 Å². The minimum atomic E-state index is -0.640. The normalized spacial score (nSPS) is 14.3. The fourth-order valence-corrected chi connectivity index (χ4v) is 3.94. The van der Waals surface area contributed by atoms with Gasteiger partial charge in [-0.05, 0) is 18.2 Å². The van der Waals surface area contributed by atoms with Crippen molar-refractivity contribution in [2.24, 2.45) is 5.41 Å². The summed E-state index contributed by atoms with van der Waals surface area (Å²) in [6.45, 7) is 8.36. The van der Waals surface area contributed by atoms with E-state index in [9.17, 15) is 14.9 Å². The van der Waals surface area contributed by atoms with E-state index in [2.05, 4.69) is 4.90 Å². The lowest BCUT2D eigenvalue weighted by atomic mass is 9.94. The molecule has 0 spiro atoms. The number of nitrogens with two attached hydrogens (primary N) is 1. The minimum absolute atomic E-state index is 0.0641. The van der Waals surface area contributed by atoms with Crippen LogP contribution in [0.5, 0.6) is 0 Å². The minimum Gasteiger partial charge on any atom is -0.464 e. The second-order valence-corrected chi connectivity index (χ2v) is 8.85. The van der Waals surface area contributed by atoms with Gasteiger partial charge in [0.1, 0.15) is 6.07 Å². The molecule has 3 rings (SSSR count). The highest BCUT2D eigenvalue weighted by atomic mass is 35.5. The molecule has 1 aliphatic heterocycles. The summed E-state index contributed by atoms with van der Waals surface area (Å²) in [5.74, 6) is -0.499. The molecule has 2 N–H and O–H groups in total. The van der Waals surface area contributed by atoms with Crippen LogP contribution in [0.2, 0.25) is 5.02 Å². The summed E-state index contributed by atoms with van der Waals surface area (Å²) >= 11 is 6.58. The van der Waals surface area contributed by atoms with Crippen LogP contribution in [-0.2, 0) is 9.53 Å². The molecule has 1 fully saturated rings. The van der Waals surface area contributed by atoms with Crippen LogP contribution < -0.4 is 10.6 Å². The number of aromatic nitrogens is 1. The first-order valence-electron chi connectivity index (χ1n) is 9.92. The summed E-state index contributed by atoms with van der Waals surface area (Å²) in [6.07, 6.45) is 1.49. The molecule has 1 aliphatic rings. The van der Waals surface area contributed by atoms with Crippen molar-refractivity contribution in [3.05, 3.63) is 40.7 Å². The Morgan fingerprint density at radius 1 is 1.19 bits per heavy atom. The van der Waals surface area contributed by atoms with Crippen molar-refractivity contribution in [1.29, 1.82) is 5.26 Å². The summed E-state index contributed by atoms with van der Waals surface area (Å²) in [6, 6.07) is 7.37. The van der Waals surface area contributed by atoms with E-state index in [4.69, 9.17) is 22.1 Å². The third-order valence-corrected chi connectivity index (χ3v) is 5.60. The number of hydrogen-bond acceptors (Lipinski definition) is 6. The van der Waals surface area contributed by atoms with Crippen molar-refractivity contribution in [2.45, 2.75) is 20.8 Å². The van der Waals surface area contributed by atoms with Crippen LogP contribution >= 0.6 is 11.6 Å². The SMILES string of the molecule is COC(=O)c1c(N)c(C#N)cn1-c1ccc(N2CCN(C(=O)C(C)(C)C)CC2)c(Cl)c1. The Morgan fingerprint density at radius 3 is 2.35 bits per heavy atom. The van der Waals surface area contributed by atoms with Crippen molar-refractivity contribution < 1.29 is 14.3 Å². The summed E-state index contributed by atoms with van der Waals surface area (Å²) in [7, 11) is 1.26. The van der Waals surface area contributed by atoms with E-state index in [0.29, 0.717) is 36.9 Å². The molecule has 1 amide bonds. The van der Waals surface area contributed by atoms with Crippen molar-refractivity contribution in [3.63, 3.8) is 0 Å². The average Bonchev–Trinajstić information content (AvgIpc) is 3.08. The standard InChI is InChI=1S/C22H26ClN5O3/c1-22(2,3)21(30)27-9-7-26(8-10-27)17-6-5-15(11-16(17)23)28-13-14(12-24)18(25)19(28)20(29)31-4/h5-6,11,13H,7-10,25H2,1-4H3. The number of nitriles is 1. The number of carbonyl (C=O) groups is 2. The zero-order chi connectivity index (χ0) is 22.9. The largest absolute Gasteiger partial charge is 0.464 e. The number of hydrogen-bond donors (Lipinski definition) is 1. The maximum atomic E-state index is 12.5. The Balaban J connectivity index is 1.85. The Labute approximate surface area is 186 Å². The number of ether oxygens (including phenoxy) is 1. The smallest absolute Gasteiger partial charge is 0.357 e. The Hall–Kier alpha value is -3.18. The predicted molar refractivity (Wildman–Crippen MR) is 119 cm³/mol. The molecule has 0 unspecified atom stereocenters. The van der Waals surface area contributed by atoms with Crippen LogP contribution in [0.4, 0.5) is 11.4 Å². The average molecular weight is 444 g/mol.